The summed E-state index contributed by atoms with van der Waals surface area (Å²) >= 11 is 0. The summed E-state index contributed by atoms with van der Waals surface area (Å²) in [5, 5.41) is 10.5. The molecule has 5 nitrogen and oxygen atoms in total. The van der Waals surface area contributed by atoms with Crippen LogP contribution in [0.15, 0.2) is 42.5 Å². The zero-order chi connectivity index (χ0) is 20.6. The number of piperidine rings is 2. The Hall–Kier alpha value is -2.69. The van der Waals surface area contributed by atoms with E-state index >= 15 is 0 Å². The SMILES string of the molecule is CN1C(=N)C[C@](C)([C@@H]2CCCN(C(=O)Cc3cccc4ccccc34)C2)CC1=O. The number of carbonyl (C=O) groups is 2. The number of fused-ring (bicyclic) bond motifs is 1. The van der Waals surface area contributed by atoms with Crippen LogP contribution < -0.4 is 0 Å². The molecule has 2 heterocycles. The van der Waals surface area contributed by atoms with Gasteiger partial charge in [-0.3, -0.25) is 15.0 Å². The van der Waals surface area contributed by atoms with Gasteiger partial charge in [0.1, 0.15) is 5.84 Å². The summed E-state index contributed by atoms with van der Waals surface area (Å²) in [7, 11) is 1.69. The molecule has 0 aromatic heterocycles. The van der Waals surface area contributed by atoms with Crippen LogP contribution in [0.5, 0.6) is 0 Å². The van der Waals surface area contributed by atoms with Crippen LogP contribution in [0.3, 0.4) is 0 Å². The minimum Gasteiger partial charge on any atom is -0.342 e. The number of amidine groups is 1. The van der Waals surface area contributed by atoms with Crippen LogP contribution in [0, 0.1) is 16.7 Å². The van der Waals surface area contributed by atoms with Crippen LogP contribution in [0.2, 0.25) is 0 Å². The summed E-state index contributed by atoms with van der Waals surface area (Å²) in [4.78, 5) is 28.9. The van der Waals surface area contributed by atoms with Gasteiger partial charge in [0, 0.05) is 33.0 Å². The molecule has 2 aliphatic rings. The number of carbonyl (C=O) groups excluding carboxylic acids is 2. The molecule has 2 aromatic carbocycles. The Morgan fingerprint density at radius 3 is 2.72 bits per heavy atom. The van der Waals surface area contributed by atoms with Crippen molar-refractivity contribution in [3.63, 3.8) is 0 Å². The molecule has 0 aliphatic carbocycles. The van der Waals surface area contributed by atoms with Gasteiger partial charge in [0.05, 0.1) is 6.42 Å². The predicted molar refractivity (Wildman–Crippen MR) is 115 cm³/mol. The highest BCUT2D eigenvalue weighted by Gasteiger charge is 2.44. The lowest BCUT2D eigenvalue weighted by atomic mass is 9.67. The third-order valence-corrected chi connectivity index (χ3v) is 6.89. The van der Waals surface area contributed by atoms with Gasteiger partial charge in [-0.1, -0.05) is 49.4 Å². The van der Waals surface area contributed by atoms with Crippen LogP contribution in [-0.4, -0.2) is 47.6 Å². The summed E-state index contributed by atoms with van der Waals surface area (Å²) in [5.74, 6) is 0.820. The molecule has 4 rings (SSSR count). The van der Waals surface area contributed by atoms with Crippen molar-refractivity contribution in [2.75, 3.05) is 20.1 Å². The molecule has 2 amide bonds. The number of benzene rings is 2. The summed E-state index contributed by atoms with van der Waals surface area (Å²) in [6, 6.07) is 14.3. The minimum absolute atomic E-state index is 0.0166. The topological polar surface area (TPSA) is 64.5 Å². The van der Waals surface area contributed by atoms with E-state index in [1.807, 2.05) is 29.2 Å². The van der Waals surface area contributed by atoms with Crippen LogP contribution in [0.4, 0.5) is 0 Å². The molecule has 2 saturated heterocycles. The van der Waals surface area contributed by atoms with E-state index in [1.165, 1.54) is 4.90 Å². The second-order valence-electron chi connectivity index (χ2n) is 8.90. The van der Waals surface area contributed by atoms with Gasteiger partial charge in [-0.05, 0) is 40.5 Å². The minimum atomic E-state index is -0.237. The normalized spacial score (nSPS) is 25.5. The van der Waals surface area contributed by atoms with Crippen molar-refractivity contribution in [1.82, 2.24) is 9.80 Å². The largest absolute Gasteiger partial charge is 0.342 e. The number of nitrogens with zero attached hydrogens (tertiary/aromatic N) is 2. The number of likely N-dealkylation sites (tertiary alicyclic amines) is 2. The van der Waals surface area contributed by atoms with Crippen LogP contribution in [-0.2, 0) is 16.0 Å². The van der Waals surface area contributed by atoms with Gasteiger partial charge in [-0.25, -0.2) is 0 Å². The third kappa shape index (κ3) is 3.78. The maximum absolute atomic E-state index is 13.1. The molecule has 2 aliphatic heterocycles. The fourth-order valence-electron chi connectivity index (χ4n) is 4.96. The highest BCUT2D eigenvalue weighted by molar-refractivity contribution is 5.99. The van der Waals surface area contributed by atoms with Gasteiger partial charge in [-0.2, -0.15) is 0 Å². The predicted octanol–water partition coefficient (Wildman–Crippen LogP) is 3.86. The molecule has 2 aromatic rings. The van der Waals surface area contributed by atoms with Crippen molar-refractivity contribution < 1.29 is 9.59 Å². The van der Waals surface area contributed by atoms with Crippen molar-refractivity contribution >= 4 is 28.4 Å². The number of amides is 2. The molecular formula is C24H29N3O2. The van der Waals surface area contributed by atoms with E-state index in [4.69, 9.17) is 5.41 Å². The second kappa shape index (κ2) is 7.62. The van der Waals surface area contributed by atoms with Gasteiger partial charge in [0.25, 0.3) is 0 Å². The van der Waals surface area contributed by atoms with Crippen molar-refractivity contribution in [2.24, 2.45) is 11.3 Å². The summed E-state index contributed by atoms with van der Waals surface area (Å²) in [6.07, 6.45) is 3.44. The van der Waals surface area contributed by atoms with Crippen molar-refractivity contribution in [2.45, 2.75) is 39.0 Å². The van der Waals surface area contributed by atoms with E-state index in [0.29, 0.717) is 31.6 Å². The Balaban J connectivity index is 1.49. The number of rotatable bonds is 3. The molecule has 152 valence electrons. The van der Waals surface area contributed by atoms with E-state index in [-0.39, 0.29) is 23.1 Å². The zero-order valence-electron chi connectivity index (χ0n) is 17.3. The Labute approximate surface area is 172 Å². The van der Waals surface area contributed by atoms with E-state index in [1.54, 1.807) is 7.05 Å². The van der Waals surface area contributed by atoms with E-state index in [0.717, 1.165) is 35.7 Å². The molecule has 0 bridgehead atoms. The average Bonchev–Trinajstić information content (AvgIpc) is 2.72. The smallest absolute Gasteiger partial charge is 0.228 e. The maximum atomic E-state index is 13.1. The fourth-order valence-corrected chi connectivity index (χ4v) is 4.96. The maximum Gasteiger partial charge on any atom is 0.228 e. The van der Waals surface area contributed by atoms with Crippen molar-refractivity contribution in [1.29, 1.82) is 5.41 Å². The Bertz CT molecular complexity index is 944. The molecule has 1 N–H and O–H groups in total. The van der Waals surface area contributed by atoms with E-state index in [2.05, 4.69) is 25.1 Å². The first-order chi connectivity index (χ1) is 13.9. The van der Waals surface area contributed by atoms with Gasteiger partial charge >= 0.3 is 0 Å². The van der Waals surface area contributed by atoms with Crippen LogP contribution >= 0.6 is 0 Å². The van der Waals surface area contributed by atoms with E-state index < -0.39 is 0 Å². The molecule has 0 spiro atoms. The van der Waals surface area contributed by atoms with Gasteiger partial charge in [0.2, 0.25) is 11.8 Å². The molecule has 0 saturated carbocycles. The number of hydrogen-bond donors (Lipinski definition) is 1. The zero-order valence-corrected chi connectivity index (χ0v) is 17.3. The number of hydrogen-bond acceptors (Lipinski definition) is 3. The molecule has 2 atom stereocenters. The molecule has 5 heteroatoms. The van der Waals surface area contributed by atoms with Gasteiger partial charge < -0.3 is 9.80 Å². The molecule has 0 radical (unpaired) electrons. The monoisotopic (exact) mass is 391 g/mol. The summed E-state index contributed by atoms with van der Waals surface area (Å²) < 4.78 is 0. The lowest BCUT2D eigenvalue weighted by Crippen LogP contribution is -2.52. The summed E-state index contributed by atoms with van der Waals surface area (Å²) in [6.45, 7) is 3.58. The van der Waals surface area contributed by atoms with Crippen molar-refractivity contribution in [3.8, 4) is 0 Å². The van der Waals surface area contributed by atoms with E-state index in [9.17, 15) is 9.59 Å². The standard InChI is InChI=1S/C24H29N3O2/c1-24(14-21(25)26(2)23(29)15-24)19-10-6-12-27(16-19)22(28)13-18-9-5-8-17-7-3-4-11-20(17)18/h3-5,7-9,11,19,25H,6,10,12-16H2,1-2H3/t19-,24+/m1/s1. The first kappa shape index (κ1) is 19.6. The Morgan fingerprint density at radius 1 is 1.17 bits per heavy atom. The lowest BCUT2D eigenvalue weighted by Gasteiger charge is -2.46. The Kier molecular flexibility index (Phi) is 5.15. The molecule has 2 fully saturated rings. The molecule has 29 heavy (non-hydrogen) atoms. The van der Waals surface area contributed by atoms with Gasteiger partial charge in [-0.15, -0.1) is 0 Å². The first-order valence-electron chi connectivity index (χ1n) is 10.5. The first-order valence-corrected chi connectivity index (χ1v) is 10.5. The van der Waals surface area contributed by atoms with Gasteiger partial charge in [0.15, 0.2) is 0 Å². The Morgan fingerprint density at radius 2 is 1.93 bits per heavy atom. The fraction of sp³-hybridized carbons (Fsp3) is 0.458. The number of nitrogens with one attached hydrogen (secondary N) is 1. The lowest BCUT2D eigenvalue weighted by molar-refractivity contribution is -0.135. The molecular weight excluding hydrogens is 362 g/mol. The highest BCUT2D eigenvalue weighted by Crippen LogP contribution is 2.43. The van der Waals surface area contributed by atoms with Crippen molar-refractivity contribution in [3.05, 3.63) is 48.0 Å². The highest BCUT2D eigenvalue weighted by atomic mass is 16.2. The van der Waals surface area contributed by atoms with Crippen LogP contribution in [0.1, 0.15) is 38.2 Å². The quantitative estimate of drug-likeness (QED) is 0.864. The second-order valence-corrected chi connectivity index (χ2v) is 8.90. The average molecular weight is 392 g/mol. The third-order valence-electron chi connectivity index (χ3n) is 6.89. The summed E-state index contributed by atoms with van der Waals surface area (Å²) in [5.41, 5.74) is 0.830. The molecule has 0 unspecified atom stereocenters. The van der Waals surface area contributed by atoms with Crippen LogP contribution in [0.25, 0.3) is 10.8 Å².